The molecule has 0 bridgehead atoms. The maximum Gasteiger partial charge on any atom is 0.320 e. The number of nitrogens with two attached hydrogens (primary N) is 3. The van der Waals surface area contributed by atoms with Crippen LogP contribution in [0.4, 0.5) is 0 Å². The Morgan fingerprint density at radius 1 is 0.879 bits per heavy atom. The van der Waals surface area contributed by atoms with Crippen molar-refractivity contribution in [3.05, 3.63) is 95.0 Å². The third kappa shape index (κ3) is 11.4. The van der Waals surface area contributed by atoms with Gasteiger partial charge in [0.1, 0.15) is 12.3 Å². The highest BCUT2D eigenvalue weighted by molar-refractivity contribution is 6.31. The number of hydrogen-bond donors (Lipinski definition) is 4. The SMILES string of the molecule is NCCCC[C@H](N)C(=O)O.NCc1ccccc1Cl.O=Cc1ccc(-c2ccccc2)cc1. The number of unbranched alkanes of at least 4 members (excludes halogenated alkanes) is 1. The molecule has 3 rings (SSSR count). The summed E-state index contributed by atoms with van der Waals surface area (Å²) in [6.45, 7) is 1.12. The summed E-state index contributed by atoms with van der Waals surface area (Å²) in [7, 11) is 0. The molecule has 0 saturated carbocycles. The van der Waals surface area contributed by atoms with Crippen LogP contribution in [0.2, 0.25) is 5.02 Å². The Balaban J connectivity index is 0.000000257. The fourth-order valence-corrected chi connectivity index (χ4v) is 2.89. The maximum atomic E-state index is 10.5. The van der Waals surface area contributed by atoms with E-state index >= 15 is 0 Å². The van der Waals surface area contributed by atoms with Crippen molar-refractivity contribution in [1.82, 2.24) is 0 Å². The second kappa shape index (κ2) is 16.6. The molecule has 0 amide bonds. The lowest BCUT2D eigenvalue weighted by atomic mass is 10.0. The van der Waals surface area contributed by atoms with Crippen molar-refractivity contribution in [2.45, 2.75) is 31.8 Å². The second-order valence-corrected chi connectivity index (χ2v) is 7.54. The molecule has 3 aromatic rings. The Morgan fingerprint density at radius 3 is 1.94 bits per heavy atom. The first-order valence-electron chi connectivity index (χ1n) is 10.7. The minimum Gasteiger partial charge on any atom is -0.480 e. The third-order valence-corrected chi connectivity index (χ3v) is 4.99. The van der Waals surface area contributed by atoms with Crippen LogP contribution in [0.15, 0.2) is 78.9 Å². The standard InChI is InChI=1S/C13H10O.C7H8ClN.C6H14N2O2/c14-10-11-6-8-13(9-7-11)12-4-2-1-3-5-12;8-7-4-2-1-3-6(7)5-9;7-4-2-1-3-5(8)6(9)10/h1-10H;1-4H,5,9H2;5H,1-4,7-8H2,(H,9,10)/t;;5-/m..0/s1. The molecule has 0 heterocycles. The molecule has 0 aromatic heterocycles. The van der Waals surface area contributed by atoms with Crippen molar-refractivity contribution < 1.29 is 14.7 Å². The molecule has 0 aliphatic heterocycles. The number of rotatable bonds is 8. The zero-order chi connectivity index (χ0) is 24.5. The first-order valence-corrected chi connectivity index (χ1v) is 11.0. The molecule has 0 aliphatic rings. The van der Waals surface area contributed by atoms with Gasteiger partial charge in [0.05, 0.1) is 0 Å². The Labute approximate surface area is 200 Å². The Morgan fingerprint density at radius 2 is 1.45 bits per heavy atom. The average Bonchev–Trinajstić information content (AvgIpc) is 2.86. The molecule has 7 N–H and O–H groups in total. The summed E-state index contributed by atoms with van der Waals surface area (Å²) >= 11 is 5.74. The molecule has 6 nitrogen and oxygen atoms in total. The van der Waals surface area contributed by atoms with Gasteiger partial charge in [-0.25, -0.2) is 0 Å². The summed E-state index contributed by atoms with van der Waals surface area (Å²) in [5.41, 5.74) is 19.8. The van der Waals surface area contributed by atoms with Crippen LogP contribution in [-0.4, -0.2) is 29.9 Å². The molecule has 0 fully saturated rings. The van der Waals surface area contributed by atoms with Crippen LogP contribution in [0, 0.1) is 0 Å². The Kier molecular flexibility index (Phi) is 14.1. The summed E-state index contributed by atoms with van der Waals surface area (Å²) in [5, 5.41) is 9.08. The second-order valence-electron chi connectivity index (χ2n) is 7.13. The summed E-state index contributed by atoms with van der Waals surface area (Å²) < 4.78 is 0. The number of carboxylic acid groups (broad SMARTS) is 1. The lowest BCUT2D eigenvalue weighted by Gasteiger charge is -2.03. The smallest absolute Gasteiger partial charge is 0.320 e. The van der Waals surface area contributed by atoms with E-state index in [1.54, 1.807) is 0 Å². The number of benzene rings is 3. The van der Waals surface area contributed by atoms with Gasteiger partial charge in [-0.15, -0.1) is 0 Å². The highest BCUT2D eigenvalue weighted by atomic mass is 35.5. The van der Waals surface area contributed by atoms with Crippen LogP contribution in [0.25, 0.3) is 11.1 Å². The summed E-state index contributed by atoms with van der Waals surface area (Å²) in [6.07, 6.45) is 3.02. The molecule has 176 valence electrons. The maximum absolute atomic E-state index is 10.5. The van der Waals surface area contributed by atoms with Gasteiger partial charge in [-0.2, -0.15) is 0 Å². The van der Waals surface area contributed by atoms with Gasteiger partial charge < -0.3 is 22.3 Å². The van der Waals surface area contributed by atoms with Crippen molar-refractivity contribution in [1.29, 1.82) is 0 Å². The van der Waals surface area contributed by atoms with E-state index < -0.39 is 12.0 Å². The predicted molar refractivity (Wildman–Crippen MR) is 135 cm³/mol. The zero-order valence-corrected chi connectivity index (χ0v) is 19.3. The molecule has 0 radical (unpaired) electrons. The van der Waals surface area contributed by atoms with E-state index in [1.165, 1.54) is 5.56 Å². The molecule has 0 unspecified atom stereocenters. The van der Waals surface area contributed by atoms with E-state index in [0.717, 1.165) is 35.3 Å². The predicted octanol–water partition coefficient (Wildman–Crippen LogP) is 4.49. The monoisotopic (exact) mass is 469 g/mol. The molecule has 33 heavy (non-hydrogen) atoms. The van der Waals surface area contributed by atoms with Gasteiger partial charge in [0.15, 0.2) is 0 Å². The van der Waals surface area contributed by atoms with Crippen molar-refractivity contribution in [3.8, 4) is 11.1 Å². The molecule has 3 aromatic carbocycles. The summed E-state index contributed by atoms with van der Waals surface area (Å²) in [6, 6.07) is 24.5. The fourth-order valence-electron chi connectivity index (χ4n) is 2.68. The lowest BCUT2D eigenvalue weighted by molar-refractivity contribution is -0.138. The van der Waals surface area contributed by atoms with E-state index in [0.29, 0.717) is 25.1 Å². The minimum absolute atomic E-state index is 0.514. The fraction of sp³-hybridized carbons (Fsp3) is 0.231. The van der Waals surface area contributed by atoms with Gasteiger partial charge >= 0.3 is 5.97 Å². The van der Waals surface area contributed by atoms with Gasteiger partial charge in [-0.3, -0.25) is 9.59 Å². The van der Waals surface area contributed by atoms with Gasteiger partial charge in [-0.05, 0) is 42.1 Å². The highest BCUT2D eigenvalue weighted by Crippen LogP contribution is 2.18. The number of carbonyl (C=O) groups is 2. The first-order chi connectivity index (χ1) is 15.9. The number of halogens is 1. The normalized spacial score (nSPS) is 10.7. The van der Waals surface area contributed by atoms with Crippen LogP contribution in [0.1, 0.15) is 35.2 Å². The Bertz CT molecular complexity index is 951. The molecular formula is C26H32ClN3O3. The molecule has 0 saturated heterocycles. The topological polar surface area (TPSA) is 132 Å². The molecular weight excluding hydrogens is 438 g/mol. The van der Waals surface area contributed by atoms with Crippen LogP contribution < -0.4 is 17.2 Å². The number of hydrogen-bond acceptors (Lipinski definition) is 5. The van der Waals surface area contributed by atoms with Crippen LogP contribution in [0.5, 0.6) is 0 Å². The van der Waals surface area contributed by atoms with Crippen LogP contribution in [-0.2, 0) is 11.3 Å². The molecule has 7 heteroatoms. The van der Waals surface area contributed by atoms with Gasteiger partial charge in [-0.1, -0.05) is 90.8 Å². The van der Waals surface area contributed by atoms with Crippen molar-refractivity contribution in [2.75, 3.05) is 6.54 Å². The van der Waals surface area contributed by atoms with E-state index in [1.807, 2.05) is 66.7 Å². The van der Waals surface area contributed by atoms with Crippen molar-refractivity contribution in [3.63, 3.8) is 0 Å². The van der Waals surface area contributed by atoms with E-state index in [-0.39, 0.29) is 0 Å². The quantitative estimate of drug-likeness (QED) is 0.283. The van der Waals surface area contributed by atoms with Crippen LogP contribution in [0.3, 0.4) is 0 Å². The summed E-state index contributed by atoms with van der Waals surface area (Å²) in [4.78, 5) is 20.6. The van der Waals surface area contributed by atoms with E-state index in [9.17, 15) is 9.59 Å². The minimum atomic E-state index is -0.933. The van der Waals surface area contributed by atoms with Gasteiger partial charge in [0.25, 0.3) is 0 Å². The number of aldehydes is 1. The highest BCUT2D eigenvalue weighted by Gasteiger charge is 2.09. The van der Waals surface area contributed by atoms with E-state index in [4.69, 9.17) is 33.9 Å². The zero-order valence-electron chi connectivity index (χ0n) is 18.6. The van der Waals surface area contributed by atoms with Crippen molar-refractivity contribution >= 4 is 23.9 Å². The first kappa shape index (κ1) is 28.0. The largest absolute Gasteiger partial charge is 0.480 e. The number of aliphatic carboxylic acids is 1. The molecule has 1 atom stereocenters. The van der Waals surface area contributed by atoms with E-state index in [2.05, 4.69) is 12.1 Å². The third-order valence-electron chi connectivity index (χ3n) is 4.62. The van der Waals surface area contributed by atoms with Gasteiger partial charge in [0, 0.05) is 17.1 Å². The molecule has 0 aliphatic carbocycles. The van der Waals surface area contributed by atoms with Gasteiger partial charge in [0.2, 0.25) is 0 Å². The Hall–Kier alpha value is -3.03. The van der Waals surface area contributed by atoms with Crippen LogP contribution >= 0.6 is 11.6 Å². The average molecular weight is 470 g/mol. The number of carbonyl (C=O) groups excluding carboxylic acids is 1. The number of carboxylic acids is 1. The lowest BCUT2D eigenvalue weighted by Crippen LogP contribution is -2.29. The van der Waals surface area contributed by atoms with Crippen molar-refractivity contribution in [2.24, 2.45) is 17.2 Å². The molecule has 0 spiro atoms. The summed E-state index contributed by atoms with van der Waals surface area (Å²) in [5.74, 6) is -0.933.